The van der Waals surface area contributed by atoms with E-state index in [1.54, 1.807) is 31.1 Å². The first kappa shape index (κ1) is 24.1. The highest BCUT2D eigenvalue weighted by Crippen LogP contribution is 2.38. The van der Waals surface area contributed by atoms with Crippen molar-refractivity contribution in [3.63, 3.8) is 0 Å². The molecule has 0 bridgehead atoms. The van der Waals surface area contributed by atoms with E-state index >= 15 is 4.39 Å². The number of hydrogen-bond donors (Lipinski definition) is 0. The van der Waals surface area contributed by atoms with Gasteiger partial charge in [-0.25, -0.2) is 14.2 Å². The van der Waals surface area contributed by atoms with E-state index in [-0.39, 0.29) is 23.7 Å². The number of pyridine rings is 2. The van der Waals surface area contributed by atoms with Crippen LogP contribution in [0.1, 0.15) is 31.7 Å². The molecule has 9 heteroatoms. The van der Waals surface area contributed by atoms with Gasteiger partial charge in [0, 0.05) is 68.1 Å². The summed E-state index contributed by atoms with van der Waals surface area (Å²) in [7, 11) is 7.69. The largest absolute Gasteiger partial charge is 0.381 e. The molecular formula is C28H33FN6O2. The molecule has 37 heavy (non-hydrogen) atoms. The van der Waals surface area contributed by atoms with Gasteiger partial charge >= 0.3 is 5.69 Å². The summed E-state index contributed by atoms with van der Waals surface area (Å²) in [6, 6.07) is 7.76. The first-order valence-electron chi connectivity index (χ1n) is 13.0. The molecule has 1 aliphatic heterocycles. The van der Waals surface area contributed by atoms with Crippen LogP contribution in [0.4, 0.5) is 10.2 Å². The van der Waals surface area contributed by atoms with Crippen LogP contribution in [-0.2, 0) is 11.8 Å². The Balaban J connectivity index is 1.41. The number of piperidine rings is 1. The summed E-state index contributed by atoms with van der Waals surface area (Å²) in [5, 5.41) is 0.765. The second-order valence-corrected chi connectivity index (χ2v) is 10.6. The Morgan fingerprint density at radius 3 is 2.65 bits per heavy atom. The van der Waals surface area contributed by atoms with Gasteiger partial charge in [0.2, 0.25) is 0 Å². The minimum atomic E-state index is -0.354. The van der Waals surface area contributed by atoms with Gasteiger partial charge in [-0.15, -0.1) is 0 Å². The average Bonchev–Trinajstić information content (AvgIpc) is 3.13. The molecule has 1 aliphatic carbocycles. The second kappa shape index (κ2) is 9.22. The Bertz CT molecular complexity index is 1520. The lowest BCUT2D eigenvalue weighted by Crippen LogP contribution is -2.45. The highest BCUT2D eigenvalue weighted by molar-refractivity contribution is 6.04. The topological polar surface area (TPSA) is 68.4 Å². The van der Waals surface area contributed by atoms with E-state index in [1.807, 2.05) is 22.8 Å². The van der Waals surface area contributed by atoms with Gasteiger partial charge in [-0.1, -0.05) is 0 Å². The molecule has 1 saturated carbocycles. The molecule has 4 heterocycles. The lowest BCUT2D eigenvalue weighted by atomic mass is 9.89. The van der Waals surface area contributed by atoms with Crippen LogP contribution in [0, 0.1) is 5.82 Å². The maximum Gasteiger partial charge on any atom is 0.329 e. The highest BCUT2D eigenvalue weighted by Gasteiger charge is 2.34. The third-order valence-electron chi connectivity index (χ3n) is 8.28. The van der Waals surface area contributed by atoms with Gasteiger partial charge in [-0.05, 0) is 58.0 Å². The number of aryl methyl sites for hydroxylation is 1. The molecule has 0 radical (unpaired) electrons. The maximum atomic E-state index is 15.3. The number of imidazole rings is 1. The lowest BCUT2D eigenvalue weighted by molar-refractivity contribution is 0.00635. The number of benzene rings is 1. The zero-order valence-corrected chi connectivity index (χ0v) is 21.8. The van der Waals surface area contributed by atoms with Crippen molar-refractivity contribution in [3.8, 4) is 11.1 Å². The van der Waals surface area contributed by atoms with Gasteiger partial charge in [0.1, 0.15) is 11.6 Å². The van der Waals surface area contributed by atoms with Crippen molar-refractivity contribution in [1.29, 1.82) is 0 Å². The molecule has 3 aromatic heterocycles. The van der Waals surface area contributed by atoms with Gasteiger partial charge < -0.3 is 14.5 Å². The molecule has 2 aliphatic rings. The summed E-state index contributed by atoms with van der Waals surface area (Å²) in [6.45, 7) is 1.91. The lowest BCUT2D eigenvalue weighted by Gasteiger charge is -2.36. The van der Waals surface area contributed by atoms with Crippen LogP contribution >= 0.6 is 0 Å². The number of rotatable bonds is 5. The fraction of sp³-hybridized carbons (Fsp3) is 0.464. The highest BCUT2D eigenvalue weighted by atomic mass is 19.1. The van der Waals surface area contributed by atoms with Gasteiger partial charge in [0.15, 0.2) is 0 Å². The van der Waals surface area contributed by atoms with Crippen LogP contribution in [0.25, 0.3) is 33.1 Å². The molecule has 1 atom stereocenters. The molecule has 0 N–H and O–H groups in total. The first-order chi connectivity index (χ1) is 17.9. The van der Waals surface area contributed by atoms with Crippen LogP contribution in [-0.4, -0.2) is 70.4 Å². The molecule has 1 saturated heterocycles. The van der Waals surface area contributed by atoms with Crippen molar-refractivity contribution in [3.05, 3.63) is 53.0 Å². The van der Waals surface area contributed by atoms with Gasteiger partial charge in [-0.3, -0.25) is 14.1 Å². The van der Waals surface area contributed by atoms with Gasteiger partial charge in [0.05, 0.1) is 28.9 Å². The van der Waals surface area contributed by atoms with Crippen LogP contribution < -0.4 is 10.6 Å². The third kappa shape index (κ3) is 4.01. The summed E-state index contributed by atoms with van der Waals surface area (Å²) in [4.78, 5) is 27.0. The van der Waals surface area contributed by atoms with Crippen LogP contribution in [0.3, 0.4) is 0 Å². The molecule has 2 fully saturated rings. The van der Waals surface area contributed by atoms with Gasteiger partial charge in [0.25, 0.3) is 0 Å². The molecule has 6 rings (SSSR count). The molecule has 8 nitrogen and oxygen atoms in total. The minimum Gasteiger partial charge on any atom is -0.381 e. The molecule has 0 spiro atoms. The number of halogens is 1. The third-order valence-corrected chi connectivity index (χ3v) is 8.28. The number of aromatic nitrogens is 4. The summed E-state index contributed by atoms with van der Waals surface area (Å²) >= 11 is 0. The van der Waals surface area contributed by atoms with Crippen LogP contribution in [0.15, 0.2) is 41.5 Å². The first-order valence-corrected chi connectivity index (χ1v) is 13.0. The molecule has 194 valence electrons. The number of fused-ring (bicyclic) bond motifs is 3. The average molecular weight is 505 g/mol. The summed E-state index contributed by atoms with van der Waals surface area (Å²) < 4.78 is 24.3. The number of likely N-dealkylation sites (N-methyl/N-ethyl adjacent to an activating group) is 1. The predicted octanol–water partition coefficient (Wildman–Crippen LogP) is 3.97. The normalized spacial score (nSPS) is 22.2. The summed E-state index contributed by atoms with van der Waals surface area (Å²) in [6.07, 6.45) is 7.44. The minimum absolute atomic E-state index is 0.0525. The number of ether oxygens (including phenoxy) is 1. The predicted molar refractivity (Wildman–Crippen MR) is 144 cm³/mol. The van der Waals surface area contributed by atoms with E-state index in [0.29, 0.717) is 22.7 Å². The quantitative estimate of drug-likeness (QED) is 0.410. The number of hydrogen-bond acceptors (Lipinski definition) is 6. The summed E-state index contributed by atoms with van der Waals surface area (Å²) in [5.74, 6) is 0.558. The van der Waals surface area contributed by atoms with E-state index in [2.05, 4.69) is 28.9 Å². The van der Waals surface area contributed by atoms with E-state index in [9.17, 15) is 4.79 Å². The number of nitrogens with zero attached hydrogens (tertiary/aromatic N) is 6. The smallest absolute Gasteiger partial charge is 0.329 e. The van der Waals surface area contributed by atoms with Gasteiger partial charge in [-0.2, -0.15) is 0 Å². The molecule has 0 amide bonds. The van der Waals surface area contributed by atoms with E-state index < -0.39 is 0 Å². The fourth-order valence-corrected chi connectivity index (χ4v) is 5.87. The fourth-order valence-electron chi connectivity index (χ4n) is 5.87. The van der Waals surface area contributed by atoms with Crippen molar-refractivity contribution in [2.75, 3.05) is 39.2 Å². The Hall–Kier alpha value is -3.30. The molecule has 4 aromatic rings. The Morgan fingerprint density at radius 2 is 1.95 bits per heavy atom. The zero-order valence-electron chi connectivity index (χ0n) is 21.8. The maximum absolute atomic E-state index is 15.3. The van der Waals surface area contributed by atoms with E-state index in [1.165, 1.54) is 12.5 Å². The van der Waals surface area contributed by atoms with E-state index in [0.717, 1.165) is 54.6 Å². The SMILES string of the molecule is CO[C@H]1C[C@@H](n2c(=O)n(C)c3cnc4cc(F)c(-c5ccc(N6CCC[C@@H](N(C)C)C6)nc5)cc4c32)C1. The Kier molecular flexibility index (Phi) is 6.00. The second-order valence-electron chi connectivity index (χ2n) is 10.6. The zero-order chi connectivity index (χ0) is 25.8. The molecule has 0 unspecified atom stereocenters. The monoisotopic (exact) mass is 504 g/mol. The Labute approximate surface area is 215 Å². The van der Waals surface area contributed by atoms with E-state index in [4.69, 9.17) is 9.72 Å². The standard InChI is InChI=1S/C28H33FN6O2/c1-32(2)18-6-5-9-34(16-18)26-8-7-17(14-31-26)21-12-22-24(13-23(21)29)30-15-25-27(22)35(28(36)33(25)3)19-10-20(11-19)37-4/h7-8,12-15,18-20H,5-6,9-11,16H2,1-4H3/t18-,19-,20+/m1/s1. The van der Waals surface area contributed by atoms with Crippen LogP contribution in [0.2, 0.25) is 0 Å². The summed E-state index contributed by atoms with van der Waals surface area (Å²) in [5.41, 5.74) is 3.14. The molecule has 1 aromatic carbocycles. The number of methoxy groups -OCH3 is 1. The van der Waals surface area contributed by atoms with Crippen molar-refractivity contribution in [1.82, 2.24) is 24.0 Å². The van der Waals surface area contributed by atoms with Crippen molar-refractivity contribution < 1.29 is 9.13 Å². The van der Waals surface area contributed by atoms with Crippen molar-refractivity contribution in [2.45, 2.75) is 43.9 Å². The number of anilines is 1. The Morgan fingerprint density at radius 1 is 1.14 bits per heavy atom. The van der Waals surface area contributed by atoms with Crippen molar-refractivity contribution in [2.24, 2.45) is 7.05 Å². The van der Waals surface area contributed by atoms with Crippen molar-refractivity contribution >= 4 is 27.8 Å². The van der Waals surface area contributed by atoms with Crippen LogP contribution in [0.5, 0.6) is 0 Å². The molecular weight excluding hydrogens is 471 g/mol.